The topological polar surface area (TPSA) is 38.7 Å². The highest BCUT2D eigenvalue weighted by atomic mass is 19.1. The summed E-state index contributed by atoms with van der Waals surface area (Å²) >= 11 is 0. The van der Waals surface area contributed by atoms with Crippen LogP contribution in [0.1, 0.15) is 80.0 Å². The third-order valence-corrected chi connectivity index (χ3v) is 8.16. The molecule has 0 heterocycles. The van der Waals surface area contributed by atoms with E-state index in [2.05, 4.69) is 42.5 Å². The Morgan fingerprint density at radius 1 is 0.842 bits per heavy atom. The first-order valence-electron chi connectivity index (χ1n) is 14.2. The number of hydrogen-bond acceptors (Lipinski definition) is 3. The smallest absolute Gasteiger partial charge is 0.119 e. The van der Waals surface area contributed by atoms with E-state index in [1.165, 1.54) is 40.7 Å². The average Bonchev–Trinajstić information content (AvgIpc) is 3.30. The van der Waals surface area contributed by atoms with Crippen LogP contribution < -0.4 is 9.47 Å². The van der Waals surface area contributed by atoms with Crippen LogP contribution in [0.5, 0.6) is 17.2 Å². The molecule has 5 rings (SSSR count). The van der Waals surface area contributed by atoms with Gasteiger partial charge < -0.3 is 14.6 Å². The van der Waals surface area contributed by atoms with Crippen molar-refractivity contribution >= 4 is 11.1 Å². The number of aromatic hydroxyl groups is 1. The van der Waals surface area contributed by atoms with Crippen LogP contribution in [-0.4, -0.2) is 25.0 Å². The summed E-state index contributed by atoms with van der Waals surface area (Å²) in [6.45, 7) is -0.195. The minimum Gasteiger partial charge on any atom is -0.508 e. The monoisotopic (exact) mass is 514 g/mol. The Labute approximate surface area is 226 Å². The second-order valence-electron chi connectivity index (χ2n) is 10.8. The van der Waals surface area contributed by atoms with E-state index in [-0.39, 0.29) is 12.8 Å². The SMILES string of the molecule is COc1ccc(C2=C(c3ccc(O[C@H]4CCC(CCCCCF)C4)cc3)c3ccc(O)cc3CCC2)cc1. The summed E-state index contributed by atoms with van der Waals surface area (Å²) in [5.74, 6) is 2.79. The van der Waals surface area contributed by atoms with Gasteiger partial charge in [-0.25, -0.2) is 0 Å². The number of alkyl halides is 1. The number of methoxy groups -OCH3 is 1. The average molecular weight is 515 g/mol. The summed E-state index contributed by atoms with van der Waals surface area (Å²) < 4.78 is 24.1. The van der Waals surface area contributed by atoms with Crippen molar-refractivity contribution in [3.8, 4) is 17.2 Å². The third kappa shape index (κ3) is 6.23. The van der Waals surface area contributed by atoms with Crippen LogP contribution in [0.2, 0.25) is 0 Å². The van der Waals surface area contributed by atoms with Crippen LogP contribution in [0.4, 0.5) is 4.39 Å². The summed E-state index contributed by atoms with van der Waals surface area (Å²) in [7, 11) is 1.69. The van der Waals surface area contributed by atoms with Gasteiger partial charge in [-0.1, -0.05) is 49.6 Å². The number of fused-ring (bicyclic) bond motifs is 1. The normalized spacial score (nSPS) is 19.2. The first-order chi connectivity index (χ1) is 18.6. The van der Waals surface area contributed by atoms with E-state index in [0.29, 0.717) is 18.1 Å². The Bertz CT molecular complexity index is 1230. The lowest BCUT2D eigenvalue weighted by Gasteiger charge is -2.18. The highest BCUT2D eigenvalue weighted by molar-refractivity contribution is 6.00. The van der Waals surface area contributed by atoms with Gasteiger partial charge in [-0.05, 0) is 121 Å². The van der Waals surface area contributed by atoms with Crippen molar-refractivity contribution in [2.45, 2.75) is 70.3 Å². The Hall–Kier alpha value is -3.27. The standard InChI is InChI=1S/C34H39FO3/c1-37-29-16-10-25(11-17-29)32-8-5-7-27-23-28(36)14-20-33(27)34(32)26-12-18-30(19-13-26)38-31-15-9-24(22-31)6-3-2-4-21-35/h10-14,16-20,23-24,31,36H,2-9,15,21-22H2,1H3/t24?,31-/m0/s1. The first kappa shape index (κ1) is 26.3. The van der Waals surface area contributed by atoms with Crippen LogP contribution in [0.25, 0.3) is 11.1 Å². The lowest BCUT2D eigenvalue weighted by atomic mass is 9.88. The van der Waals surface area contributed by atoms with Gasteiger partial charge >= 0.3 is 0 Å². The second-order valence-corrected chi connectivity index (χ2v) is 10.8. The third-order valence-electron chi connectivity index (χ3n) is 8.16. The van der Waals surface area contributed by atoms with E-state index in [0.717, 1.165) is 62.0 Å². The summed E-state index contributed by atoms with van der Waals surface area (Å²) in [6, 6.07) is 22.7. The number of allylic oxidation sites excluding steroid dienone is 1. The fourth-order valence-electron chi connectivity index (χ4n) is 6.18. The number of halogens is 1. The molecule has 200 valence electrons. The maximum Gasteiger partial charge on any atom is 0.119 e. The molecule has 0 spiro atoms. The molecule has 2 aliphatic rings. The molecular weight excluding hydrogens is 475 g/mol. The van der Waals surface area contributed by atoms with Gasteiger partial charge in [0.15, 0.2) is 0 Å². The zero-order valence-electron chi connectivity index (χ0n) is 22.4. The summed E-state index contributed by atoms with van der Waals surface area (Å²) in [4.78, 5) is 0. The van der Waals surface area contributed by atoms with Crippen molar-refractivity contribution < 1.29 is 19.0 Å². The molecule has 1 N–H and O–H groups in total. The second kappa shape index (κ2) is 12.5. The van der Waals surface area contributed by atoms with Gasteiger partial charge in [0.05, 0.1) is 19.9 Å². The molecule has 3 nitrogen and oxygen atoms in total. The molecule has 1 saturated carbocycles. The molecule has 3 aromatic carbocycles. The van der Waals surface area contributed by atoms with Crippen molar-refractivity contribution in [3.05, 3.63) is 89.0 Å². The van der Waals surface area contributed by atoms with Crippen molar-refractivity contribution in [2.24, 2.45) is 5.92 Å². The molecule has 2 atom stereocenters. The van der Waals surface area contributed by atoms with Crippen molar-refractivity contribution in [1.29, 1.82) is 0 Å². The molecular formula is C34H39FO3. The molecule has 0 saturated heterocycles. The number of hydrogen-bond donors (Lipinski definition) is 1. The van der Waals surface area contributed by atoms with E-state index in [1.807, 2.05) is 18.2 Å². The Kier molecular flexibility index (Phi) is 8.68. The van der Waals surface area contributed by atoms with Gasteiger partial charge in [0.25, 0.3) is 0 Å². The quantitative estimate of drug-likeness (QED) is 0.275. The fraction of sp³-hybridized carbons (Fsp3) is 0.412. The molecule has 4 heteroatoms. The molecule has 0 aliphatic heterocycles. The molecule has 1 fully saturated rings. The molecule has 1 unspecified atom stereocenters. The maximum atomic E-state index is 12.4. The molecule has 3 aromatic rings. The lowest BCUT2D eigenvalue weighted by molar-refractivity contribution is 0.203. The first-order valence-corrected chi connectivity index (χ1v) is 14.2. The van der Waals surface area contributed by atoms with Crippen LogP contribution in [0, 0.1) is 5.92 Å². The Balaban J connectivity index is 1.38. The molecule has 0 bridgehead atoms. The number of ether oxygens (including phenoxy) is 2. The lowest BCUT2D eigenvalue weighted by Crippen LogP contribution is -2.12. The number of aryl methyl sites for hydroxylation is 1. The number of unbranched alkanes of at least 4 members (excludes halogenated alkanes) is 2. The van der Waals surface area contributed by atoms with Crippen LogP contribution in [-0.2, 0) is 6.42 Å². The highest BCUT2D eigenvalue weighted by Gasteiger charge is 2.26. The van der Waals surface area contributed by atoms with Gasteiger partial charge in [-0.2, -0.15) is 0 Å². The van der Waals surface area contributed by atoms with Gasteiger partial charge in [-0.3, -0.25) is 4.39 Å². The zero-order chi connectivity index (χ0) is 26.3. The van der Waals surface area contributed by atoms with Crippen molar-refractivity contribution in [2.75, 3.05) is 13.8 Å². The van der Waals surface area contributed by atoms with Crippen molar-refractivity contribution in [3.63, 3.8) is 0 Å². The maximum absolute atomic E-state index is 12.4. The Morgan fingerprint density at radius 3 is 2.37 bits per heavy atom. The van der Waals surface area contributed by atoms with Crippen LogP contribution in [0.3, 0.4) is 0 Å². The van der Waals surface area contributed by atoms with E-state index < -0.39 is 0 Å². The van der Waals surface area contributed by atoms with Gasteiger partial charge in [-0.15, -0.1) is 0 Å². The minimum atomic E-state index is -0.195. The molecule has 38 heavy (non-hydrogen) atoms. The van der Waals surface area contributed by atoms with Crippen molar-refractivity contribution in [1.82, 2.24) is 0 Å². The number of phenolic OH excluding ortho intramolecular Hbond substituents is 1. The number of phenols is 1. The number of benzene rings is 3. The number of rotatable bonds is 10. The molecule has 0 radical (unpaired) electrons. The molecule has 2 aliphatic carbocycles. The molecule has 0 amide bonds. The van der Waals surface area contributed by atoms with E-state index >= 15 is 0 Å². The largest absolute Gasteiger partial charge is 0.508 e. The van der Waals surface area contributed by atoms with Gasteiger partial charge in [0.2, 0.25) is 0 Å². The van der Waals surface area contributed by atoms with E-state index in [9.17, 15) is 9.50 Å². The minimum absolute atomic E-state index is 0.195. The highest BCUT2D eigenvalue weighted by Crippen LogP contribution is 2.41. The van der Waals surface area contributed by atoms with E-state index in [1.54, 1.807) is 13.2 Å². The Morgan fingerprint density at radius 2 is 1.61 bits per heavy atom. The van der Waals surface area contributed by atoms with Crippen LogP contribution >= 0.6 is 0 Å². The summed E-state index contributed by atoms with van der Waals surface area (Å²) in [6.07, 6.45) is 10.6. The van der Waals surface area contributed by atoms with Gasteiger partial charge in [0.1, 0.15) is 17.2 Å². The van der Waals surface area contributed by atoms with Gasteiger partial charge in [0, 0.05) is 0 Å². The predicted molar refractivity (Wildman–Crippen MR) is 153 cm³/mol. The molecule has 0 aromatic heterocycles. The van der Waals surface area contributed by atoms with Crippen LogP contribution in [0.15, 0.2) is 66.7 Å². The fourth-order valence-corrected chi connectivity index (χ4v) is 6.18. The summed E-state index contributed by atoms with van der Waals surface area (Å²) in [5, 5.41) is 10.2. The predicted octanol–water partition coefficient (Wildman–Crippen LogP) is 8.77. The zero-order valence-corrected chi connectivity index (χ0v) is 22.4. The summed E-state index contributed by atoms with van der Waals surface area (Å²) in [5.41, 5.74) is 7.28. The van der Waals surface area contributed by atoms with E-state index in [4.69, 9.17) is 9.47 Å².